The van der Waals surface area contributed by atoms with Gasteiger partial charge in [0.25, 0.3) is 0 Å². The molecular formula is C14H20BrNS. The second-order valence-electron chi connectivity index (χ2n) is 4.61. The lowest BCUT2D eigenvalue weighted by molar-refractivity contribution is 0.531. The van der Waals surface area contributed by atoms with E-state index in [1.807, 2.05) is 11.8 Å². The number of hydrogen-bond donors (Lipinski definition) is 1. The molecule has 1 fully saturated rings. The summed E-state index contributed by atoms with van der Waals surface area (Å²) in [7, 11) is 0. The Bertz CT molecular complexity index is 356. The molecule has 1 aliphatic carbocycles. The summed E-state index contributed by atoms with van der Waals surface area (Å²) < 4.78 is 1.18. The van der Waals surface area contributed by atoms with Gasteiger partial charge in [0.1, 0.15) is 0 Å². The van der Waals surface area contributed by atoms with Crippen LogP contribution in [0.5, 0.6) is 0 Å². The van der Waals surface area contributed by atoms with Crippen LogP contribution in [0.15, 0.2) is 33.6 Å². The molecule has 1 nitrogen and oxygen atoms in total. The summed E-state index contributed by atoms with van der Waals surface area (Å²) in [5.41, 5.74) is 0. The van der Waals surface area contributed by atoms with E-state index in [-0.39, 0.29) is 0 Å². The molecule has 1 N–H and O–H groups in total. The number of rotatable bonds is 5. The Morgan fingerprint density at radius 3 is 3.06 bits per heavy atom. The van der Waals surface area contributed by atoms with Gasteiger partial charge < -0.3 is 5.32 Å². The van der Waals surface area contributed by atoms with E-state index in [9.17, 15) is 0 Å². The van der Waals surface area contributed by atoms with Gasteiger partial charge in [-0.05, 0) is 44.0 Å². The van der Waals surface area contributed by atoms with Crippen LogP contribution in [0.25, 0.3) is 0 Å². The number of thioether (sulfide) groups is 1. The molecule has 1 aromatic carbocycles. The minimum absolute atomic E-state index is 0.707. The van der Waals surface area contributed by atoms with Gasteiger partial charge in [0, 0.05) is 20.7 Å². The highest BCUT2D eigenvalue weighted by Gasteiger charge is 2.27. The van der Waals surface area contributed by atoms with Gasteiger partial charge in [0.2, 0.25) is 0 Å². The minimum Gasteiger partial charge on any atom is -0.313 e. The first-order chi connectivity index (χ1) is 8.29. The predicted octanol–water partition coefficient (Wildman–Crippen LogP) is 4.46. The summed E-state index contributed by atoms with van der Waals surface area (Å²) in [5.74, 6) is 0. The summed E-state index contributed by atoms with van der Waals surface area (Å²) in [6.45, 7) is 3.39. The Kier molecular flexibility index (Phi) is 5.39. The van der Waals surface area contributed by atoms with Crippen molar-refractivity contribution in [1.82, 2.24) is 5.32 Å². The Labute approximate surface area is 117 Å². The van der Waals surface area contributed by atoms with Crippen LogP contribution >= 0.6 is 27.7 Å². The lowest BCUT2D eigenvalue weighted by atomic mass is 10.2. The maximum absolute atomic E-state index is 3.68. The van der Waals surface area contributed by atoms with Crippen molar-refractivity contribution >= 4 is 27.7 Å². The fraction of sp³-hybridized carbons (Fsp3) is 0.571. The van der Waals surface area contributed by atoms with Crippen LogP contribution in [0.4, 0.5) is 0 Å². The first-order valence-electron chi connectivity index (χ1n) is 6.45. The fourth-order valence-corrected chi connectivity index (χ4v) is 4.28. The van der Waals surface area contributed by atoms with Gasteiger partial charge in [-0.1, -0.05) is 35.3 Å². The van der Waals surface area contributed by atoms with Gasteiger partial charge in [-0.2, -0.15) is 0 Å². The van der Waals surface area contributed by atoms with Gasteiger partial charge in [-0.25, -0.2) is 0 Å². The van der Waals surface area contributed by atoms with E-state index < -0.39 is 0 Å². The number of hydrogen-bond acceptors (Lipinski definition) is 2. The first kappa shape index (κ1) is 13.4. The van der Waals surface area contributed by atoms with Crippen molar-refractivity contribution in [2.45, 2.75) is 48.8 Å². The quantitative estimate of drug-likeness (QED) is 0.861. The van der Waals surface area contributed by atoms with Crippen LogP contribution in [-0.4, -0.2) is 17.8 Å². The van der Waals surface area contributed by atoms with E-state index in [1.54, 1.807) is 0 Å². The zero-order chi connectivity index (χ0) is 12.1. The summed E-state index contributed by atoms with van der Waals surface area (Å²) in [6, 6.07) is 9.35. The van der Waals surface area contributed by atoms with Crippen LogP contribution < -0.4 is 5.32 Å². The third kappa shape index (κ3) is 4.01. The second-order valence-corrected chi connectivity index (χ2v) is 6.83. The summed E-state index contributed by atoms with van der Waals surface area (Å²) in [4.78, 5) is 1.38. The average Bonchev–Trinajstić information content (AvgIpc) is 2.74. The third-order valence-electron chi connectivity index (χ3n) is 3.19. The molecule has 0 saturated heterocycles. The molecule has 17 heavy (non-hydrogen) atoms. The van der Waals surface area contributed by atoms with E-state index in [4.69, 9.17) is 0 Å². The highest BCUT2D eigenvalue weighted by molar-refractivity contribution is 9.10. The van der Waals surface area contributed by atoms with E-state index >= 15 is 0 Å². The van der Waals surface area contributed by atoms with Gasteiger partial charge >= 0.3 is 0 Å². The molecule has 1 aliphatic rings. The molecule has 1 aromatic rings. The van der Waals surface area contributed by atoms with E-state index in [2.05, 4.69) is 52.4 Å². The number of benzene rings is 1. The van der Waals surface area contributed by atoms with Crippen LogP contribution in [0, 0.1) is 0 Å². The van der Waals surface area contributed by atoms with E-state index in [1.165, 1.54) is 35.1 Å². The third-order valence-corrected chi connectivity index (χ3v) is 5.08. The Morgan fingerprint density at radius 1 is 1.41 bits per heavy atom. The molecule has 0 aliphatic heterocycles. The largest absolute Gasteiger partial charge is 0.313 e. The molecular weight excluding hydrogens is 294 g/mol. The molecule has 0 spiro atoms. The Morgan fingerprint density at radius 2 is 2.29 bits per heavy atom. The number of halogens is 1. The smallest absolute Gasteiger partial charge is 0.0248 e. The van der Waals surface area contributed by atoms with Crippen molar-refractivity contribution in [3.63, 3.8) is 0 Å². The zero-order valence-electron chi connectivity index (χ0n) is 10.3. The molecule has 1 saturated carbocycles. The summed E-state index contributed by atoms with van der Waals surface area (Å²) >= 11 is 5.57. The highest BCUT2D eigenvalue weighted by Crippen LogP contribution is 2.35. The van der Waals surface area contributed by atoms with E-state index in [0.29, 0.717) is 6.04 Å². The normalized spacial score (nSPS) is 24.1. The monoisotopic (exact) mass is 313 g/mol. The maximum Gasteiger partial charge on any atom is 0.0248 e. The van der Waals surface area contributed by atoms with Crippen molar-refractivity contribution in [2.75, 3.05) is 6.54 Å². The van der Waals surface area contributed by atoms with Crippen LogP contribution in [-0.2, 0) is 0 Å². The van der Waals surface area contributed by atoms with Gasteiger partial charge in [-0.3, -0.25) is 0 Å². The molecule has 3 heteroatoms. The van der Waals surface area contributed by atoms with Crippen LogP contribution in [0.2, 0.25) is 0 Å². The van der Waals surface area contributed by atoms with Gasteiger partial charge in [-0.15, -0.1) is 11.8 Å². The molecule has 0 radical (unpaired) electrons. The van der Waals surface area contributed by atoms with Crippen LogP contribution in [0.3, 0.4) is 0 Å². The molecule has 2 atom stereocenters. The van der Waals surface area contributed by atoms with E-state index in [0.717, 1.165) is 11.8 Å². The maximum atomic E-state index is 3.68. The topological polar surface area (TPSA) is 12.0 Å². The van der Waals surface area contributed by atoms with Crippen molar-refractivity contribution in [3.05, 3.63) is 28.7 Å². The van der Waals surface area contributed by atoms with Crippen LogP contribution in [0.1, 0.15) is 32.6 Å². The van der Waals surface area contributed by atoms with Gasteiger partial charge in [0.05, 0.1) is 0 Å². The van der Waals surface area contributed by atoms with Crippen molar-refractivity contribution in [2.24, 2.45) is 0 Å². The lowest BCUT2D eigenvalue weighted by Crippen LogP contribution is -2.34. The zero-order valence-corrected chi connectivity index (χ0v) is 12.7. The summed E-state index contributed by atoms with van der Waals surface area (Å²) in [5, 5.41) is 4.43. The summed E-state index contributed by atoms with van der Waals surface area (Å²) in [6.07, 6.45) is 5.28. The molecule has 0 aromatic heterocycles. The van der Waals surface area contributed by atoms with Crippen molar-refractivity contribution in [1.29, 1.82) is 0 Å². The standard InChI is InChI=1S/C14H20BrNS/c1-2-9-16-13-7-4-8-14(13)17-12-6-3-5-11(15)10-12/h3,5-6,10,13-14,16H,2,4,7-9H2,1H3. The first-order valence-corrected chi connectivity index (χ1v) is 8.12. The Balaban J connectivity index is 1.93. The molecule has 2 rings (SSSR count). The minimum atomic E-state index is 0.707. The van der Waals surface area contributed by atoms with Crippen molar-refractivity contribution in [3.8, 4) is 0 Å². The fourth-order valence-electron chi connectivity index (χ4n) is 2.35. The number of nitrogens with one attached hydrogen (secondary N) is 1. The van der Waals surface area contributed by atoms with Crippen molar-refractivity contribution < 1.29 is 0 Å². The second kappa shape index (κ2) is 6.81. The van der Waals surface area contributed by atoms with Gasteiger partial charge in [0.15, 0.2) is 0 Å². The molecule has 0 heterocycles. The Hall–Kier alpha value is 0.01000. The highest BCUT2D eigenvalue weighted by atomic mass is 79.9. The molecule has 0 amide bonds. The predicted molar refractivity (Wildman–Crippen MR) is 79.7 cm³/mol. The SMILES string of the molecule is CCCNC1CCCC1Sc1cccc(Br)c1. The average molecular weight is 314 g/mol. The molecule has 2 unspecified atom stereocenters. The molecule has 94 valence electrons. The lowest BCUT2D eigenvalue weighted by Gasteiger charge is -2.20. The molecule has 0 bridgehead atoms.